The molecule has 0 radical (unpaired) electrons. The Hall–Kier alpha value is -2.18. The molecule has 2 aliphatic carbocycles. The van der Waals surface area contributed by atoms with Crippen LogP contribution in [0.5, 0.6) is 0 Å². The number of halogens is 1. The molecule has 0 amide bonds. The van der Waals surface area contributed by atoms with Crippen molar-refractivity contribution in [2.24, 2.45) is 0 Å². The molecule has 4 rings (SSSR count). The lowest BCUT2D eigenvalue weighted by atomic mass is 9.74. The van der Waals surface area contributed by atoms with Crippen LogP contribution >= 0.6 is 0 Å². The van der Waals surface area contributed by atoms with Crippen LogP contribution in [-0.2, 0) is 11.2 Å². The predicted octanol–water partition coefficient (Wildman–Crippen LogP) is 2.80. The molecule has 0 atom stereocenters. The summed E-state index contributed by atoms with van der Waals surface area (Å²) >= 11 is 0. The Balaban J connectivity index is 1.84. The van der Waals surface area contributed by atoms with E-state index in [1.54, 1.807) is 12.1 Å². The molecule has 0 aliphatic heterocycles. The molecular formula is C19H22FN3O2. The molecule has 6 heteroatoms. The Morgan fingerprint density at radius 3 is 2.16 bits per heavy atom. The van der Waals surface area contributed by atoms with Crippen molar-refractivity contribution in [2.75, 3.05) is 11.5 Å². The normalized spacial score (nSPS) is 20.6. The molecule has 2 aliphatic rings. The lowest BCUT2D eigenvalue weighted by Crippen LogP contribution is -2.35. The van der Waals surface area contributed by atoms with Gasteiger partial charge >= 0.3 is 0 Å². The summed E-state index contributed by atoms with van der Waals surface area (Å²) in [6.45, 7) is 0. The lowest BCUT2D eigenvalue weighted by molar-refractivity contribution is -0.0418. The van der Waals surface area contributed by atoms with Crippen molar-refractivity contribution in [3.8, 4) is 11.3 Å². The number of benzene rings is 1. The van der Waals surface area contributed by atoms with Crippen molar-refractivity contribution in [3.05, 3.63) is 41.3 Å². The van der Waals surface area contributed by atoms with Gasteiger partial charge in [-0.05, 0) is 62.8 Å². The monoisotopic (exact) mass is 343 g/mol. The Kier molecular flexibility index (Phi) is 3.53. The van der Waals surface area contributed by atoms with E-state index in [0.717, 1.165) is 12.8 Å². The van der Waals surface area contributed by atoms with E-state index in [0.29, 0.717) is 59.6 Å². The van der Waals surface area contributed by atoms with E-state index in [9.17, 15) is 14.6 Å². The minimum Gasteiger partial charge on any atom is -0.398 e. The van der Waals surface area contributed by atoms with Crippen LogP contribution in [0.2, 0.25) is 0 Å². The van der Waals surface area contributed by atoms with E-state index in [2.05, 4.69) is 4.98 Å². The molecule has 1 aromatic carbocycles. The van der Waals surface area contributed by atoms with E-state index < -0.39 is 17.0 Å². The van der Waals surface area contributed by atoms with Gasteiger partial charge in [-0.25, -0.2) is 9.37 Å². The van der Waals surface area contributed by atoms with Gasteiger partial charge in [0, 0.05) is 16.8 Å². The van der Waals surface area contributed by atoms with E-state index in [-0.39, 0.29) is 0 Å². The van der Waals surface area contributed by atoms with Crippen LogP contribution < -0.4 is 11.5 Å². The van der Waals surface area contributed by atoms with Gasteiger partial charge in [0.05, 0.1) is 22.7 Å². The Labute approximate surface area is 145 Å². The van der Waals surface area contributed by atoms with Crippen molar-refractivity contribution in [3.63, 3.8) is 0 Å². The van der Waals surface area contributed by atoms with Crippen LogP contribution in [-0.4, -0.2) is 15.2 Å². The molecule has 0 spiro atoms. The number of hydrogen-bond acceptors (Lipinski definition) is 5. The average molecular weight is 343 g/mol. The number of anilines is 2. The fourth-order valence-corrected chi connectivity index (χ4v) is 3.74. The second-order valence-corrected chi connectivity index (χ2v) is 7.32. The molecule has 0 saturated heterocycles. The highest BCUT2D eigenvalue weighted by Crippen LogP contribution is 2.47. The highest BCUT2D eigenvalue weighted by molar-refractivity contribution is 5.78. The second kappa shape index (κ2) is 5.41. The van der Waals surface area contributed by atoms with E-state index in [1.807, 2.05) is 0 Å². The Morgan fingerprint density at radius 1 is 0.960 bits per heavy atom. The van der Waals surface area contributed by atoms with Crippen LogP contribution in [0.25, 0.3) is 11.3 Å². The summed E-state index contributed by atoms with van der Waals surface area (Å²) in [5, 5.41) is 21.2. The van der Waals surface area contributed by atoms with Gasteiger partial charge in [-0.2, -0.15) is 0 Å². The Morgan fingerprint density at radius 2 is 1.60 bits per heavy atom. The van der Waals surface area contributed by atoms with Crippen molar-refractivity contribution >= 4 is 11.4 Å². The largest absolute Gasteiger partial charge is 0.398 e. The highest BCUT2D eigenvalue weighted by Gasteiger charge is 2.40. The summed E-state index contributed by atoms with van der Waals surface area (Å²) in [6.07, 6.45) is 4.16. The van der Waals surface area contributed by atoms with Crippen molar-refractivity contribution in [2.45, 2.75) is 49.7 Å². The number of nitrogens with zero attached hydrogens (tertiary/aromatic N) is 1. The zero-order chi connectivity index (χ0) is 17.8. The van der Waals surface area contributed by atoms with Gasteiger partial charge in [-0.1, -0.05) is 0 Å². The molecule has 6 N–H and O–H groups in total. The van der Waals surface area contributed by atoms with Gasteiger partial charge in [0.25, 0.3) is 0 Å². The van der Waals surface area contributed by atoms with E-state index in [1.165, 1.54) is 12.1 Å². The fourth-order valence-electron chi connectivity index (χ4n) is 3.74. The molecule has 132 valence electrons. The summed E-state index contributed by atoms with van der Waals surface area (Å²) in [7, 11) is 0. The maximum atomic E-state index is 14.2. The summed E-state index contributed by atoms with van der Waals surface area (Å²) < 4.78 is 14.2. The van der Waals surface area contributed by atoms with Gasteiger partial charge < -0.3 is 21.7 Å². The van der Waals surface area contributed by atoms with Crippen LogP contribution in [0.15, 0.2) is 24.3 Å². The third-order valence-electron chi connectivity index (χ3n) is 5.65. The van der Waals surface area contributed by atoms with Crippen LogP contribution in [0.3, 0.4) is 0 Å². The molecule has 1 aromatic heterocycles. The molecule has 0 bridgehead atoms. The zero-order valence-electron chi connectivity index (χ0n) is 13.9. The first-order valence-electron chi connectivity index (χ1n) is 8.64. The number of nitrogens with two attached hydrogens (primary N) is 2. The van der Waals surface area contributed by atoms with Gasteiger partial charge in [0.1, 0.15) is 11.4 Å². The predicted molar refractivity (Wildman–Crippen MR) is 94.0 cm³/mol. The standard InChI is InChI=1S/C19H22FN3O2/c20-11-9-12(16(22)13(10-11)18(24)5-1-6-18)15-4-3-14(21)17(23-15)19(25)7-2-8-19/h3-4,9-10,24-25H,1-2,5-8,21-22H2. The fraction of sp³-hybridized carbons (Fsp3) is 0.421. The van der Waals surface area contributed by atoms with Gasteiger partial charge in [0.15, 0.2) is 0 Å². The topological polar surface area (TPSA) is 105 Å². The van der Waals surface area contributed by atoms with Crippen molar-refractivity contribution < 1.29 is 14.6 Å². The smallest absolute Gasteiger partial charge is 0.124 e. The SMILES string of the molecule is Nc1ccc(-c2cc(F)cc(C3(O)CCC3)c2N)nc1C1(O)CCC1. The number of nitrogen functional groups attached to an aromatic ring is 2. The summed E-state index contributed by atoms with van der Waals surface area (Å²) in [6, 6.07) is 5.94. The van der Waals surface area contributed by atoms with E-state index in [4.69, 9.17) is 11.5 Å². The highest BCUT2D eigenvalue weighted by atomic mass is 19.1. The third kappa shape index (κ3) is 2.48. The molecule has 2 aromatic rings. The lowest BCUT2D eigenvalue weighted by Gasteiger charge is -2.38. The second-order valence-electron chi connectivity index (χ2n) is 7.32. The first-order chi connectivity index (χ1) is 11.8. The quantitative estimate of drug-likeness (QED) is 0.641. The van der Waals surface area contributed by atoms with Crippen molar-refractivity contribution in [1.29, 1.82) is 0 Å². The number of aliphatic hydroxyl groups is 2. The first-order valence-corrected chi connectivity index (χ1v) is 8.64. The minimum absolute atomic E-state index is 0.326. The van der Waals surface area contributed by atoms with Crippen LogP contribution in [0.4, 0.5) is 15.8 Å². The minimum atomic E-state index is -1.07. The Bertz CT molecular complexity index is 845. The van der Waals surface area contributed by atoms with E-state index >= 15 is 0 Å². The maximum Gasteiger partial charge on any atom is 0.124 e. The molecular weight excluding hydrogens is 321 g/mol. The van der Waals surface area contributed by atoms with Crippen LogP contribution in [0, 0.1) is 5.82 Å². The molecule has 0 unspecified atom stereocenters. The summed E-state index contributed by atoms with van der Waals surface area (Å²) in [5.41, 5.74) is 12.6. The maximum absolute atomic E-state index is 14.2. The summed E-state index contributed by atoms with van der Waals surface area (Å²) in [5.74, 6) is -0.470. The number of pyridine rings is 1. The van der Waals surface area contributed by atoms with Gasteiger partial charge in [-0.3, -0.25) is 0 Å². The van der Waals surface area contributed by atoms with Gasteiger partial charge in [0.2, 0.25) is 0 Å². The van der Waals surface area contributed by atoms with Crippen molar-refractivity contribution in [1.82, 2.24) is 4.98 Å². The molecule has 25 heavy (non-hydrogen) atoms. The third-order valence-corrected chi connectivity index (χ3v) is 5.65. The molecule has 2 fully saturated rings. The number of aromatic nitrogens is 1. The summed E-state index contributed by atoms with van der Waals surface area (Å²) in [4.78, 5) is 4.50. The average Bonchev–Trinajstić information content (AvgIpc) is 2.53. The number of rotatable bonds is 3. The molecule has 2 saturated carbocycles. The molecule has 5 nitrogen and oxygen atoms in total. The zero-order valence-corrected chi connectivity index (χ0v) is 13.9. The first kappa shape index (κ1) is 16.3. The molecule has 1 heterocycles. The van der Waals surface area contributed by atoms with Gasteiger partial charge in [-0.15, -0.1) is 0 Å². The number of hydrogen-bond donors (Lipinski definition) is 4. The van der Waals surface area contributed by atoms with Crippen LogP contribution in [0.1, 0.15) is 49.8 Å².